The summed E-state index contributed by atoms with van der Waals surface area (Å²) in [5.41, 5.74) is 2.99. The molecule has 0 radical (unpaired) electrons. The lowest BCUT2D eigenvalue weighted by atomic mass is 10.1. The SMILES string of the molecule is COc1cccc(CNc2ccccc2)c1OCc1ccc(Cl)c(Cl)c1. The summed E-state index contributed by atoms with van der Waals surface area (Å²) in [6.45, 7) is 0.994. The van der Waals surface area contributed by atoms with E-state index in [1.807, 2.05) is 54.6 Å². The maximum Gasteiger partial charge on any atom is 0.166 e. The Hall–Kier alpha value is -2.36. The lowest BCUT2D eigenvalue weighted by molar-refractivity contribution is 0.281. The summed E-state index contributed by atoms with van der Waals surface area (Å²) < 4.78 is 11.5. The molecule has 3 aromatic rings. The second-order valence-electron chi connectivity index (χ2n) is 5.71. The topological polar surface area (TPSA) is 30.5 Å². The third-order valence-electron chi connectivity index (χ3n) is 3.90. The fourth-order valence-electron chi connectivity index (χ4n) is 2.56. The molecule has 0 unspecified atom stereocenters. The van der Waals surface area contributed by atoms with Gasteiger partial charge in [-0.05, 0) is 35.9 Å². The molecule has 5 heteroatoms. The van der Waals surface area contributed by atoms with E-state index in [1.165, 1.54) is 0 Å². The fourth-order valence-corrected chi connectivity index (χ4v) is 2.88. The largest absolute Gasteiger partial charge is 0.493 e. The van der Waals surface area contributed by atoms with Gasteiger partial charge in [0.25, 0.3) is 0 Å². The number of anilines is 1. The van der Waals surface area contributed by atoms with Crippen LogP contribution in [0.1, 0.15) is 11.1 Å². The van der Waals surface area contributed by atoms with Gasteiger partial charge in [0.05, 0.1) is 17.2 Å². The zero-order valence-corrected chi connectivity index (χ0v) is 15.8. The van der Waals surface area contributed by atoms with E-state index in [4.69, 9.17) is 32.7 Å². The number of para-hydroxylation sites is 2. The number of ether oxygens (including phenoxy) is 2. The smallest absolute Gasteiger partial charge is 0.166 e. The number of rotatable bonds is 7. The second-order valence-corrected chi connectivity index (χ2v) is 6.52. The lowest BCUT2D eigenvalue weighted by Crippen LogP contribution is -2.05. The van der Waals surface area contributed by atoms with Crippen molar-refractivity contribution in [3.63, 3.8) is 0 Å². The van der Waals surface area contributed by atoms with Gasteiger partial charge in [-0.1, -0.05) is 59.6 Å². The first-order valence-corrected chi connectivity index (χ1v) is 8.94. The predicted molar refractivity (Wildman–Crippen MR) is 108 cm³/mol. The van der Waals surface area contributed by atoms with Crippen LogP contribution >= 0.6 is 23.2 Å². The molecule has 0 spiro atoms. The Bertz CT molecular complexity index is 869. The molecule has 3 aromatic carbocycles. The van der Waals surface area contributed by atoms with Gasteiger partial charge >= 0.3 is 0 Å². The van der Waals surface area contributed by atoms with E-state index in [1.54, 1.807) is 19.2 Å². The van der Waals surface area contributed by atoms with Crippen molar-refractivity contribution < 1.29 is 9.47 Å². The fraction of sp³-hybridized carbons (Fsp3) is 0.143. The second kappa shape index (κ2) is 8.84. The van der Waals surface area contributed by atoms with Crippen molar-refractivity contribution >= 4 is 28.9 Å². The molecule has 3 nitrogen and oxygen atoms in total. The lowest BCUT2D eigenvalue weighted by Gasteiger charge is -2.16. The van der Waals surface area contributed by atoms with Crippen LogP contribution in [0.5, 0.6) is 11.5 Å². The molecule has 0 aliphatic heterocycles. The van der Waals surface area contributed by atoms with E-state index in [2.05, 4.69) is 5.32 Å². The van der Waals surface area contributed by atoms with Crippen LogP contribution in [0, 0.1) is 0 Å². The minimum atomic E-state index is 0.371. The van der Waals surface area contributed by atoms with Crippen LogP contribution in [0.4, 0.5) is 5.69 Å². The van der Waals surface area contributed by atoms with Crippen LogP contribution in [-0.4, -0.2) is 7.11 Å². The molecule has 26 heavy (non-hydrogen) atoms. The van der Waals surface area contributed by atoms with Crippen molar-refractivity contribution in [1.82, 2.24) is 0 Å². The van der Waals surface area contributed by atoms with Crippen LogP contribution in [0.25, 0.3) is 0 Å². The van der Waals surface area contributed by atoms with Gasteiger partial charge in [0.15, 0.2) is 11.5 Å². The summed E-state index contributed by atoms with van der Waals surface area (Å²) >= 11 is 12.0. The molecule has 1 N–H and O–H groups in total. The number of halogens is 2. The summed E-state index contributed by atoms with van der Waals surface area (Å²) in [6, 6.07) is 21.3. The van der Waals surface area contributed by atoms with E-state index in [0.717, 1.165) is 16.8 Å². The third kappa shape index (κ3) is 4.63. The average molecular weight is 388 g/mol. The Morgan fingerprint density at radius 1 is 0.885 bits per heavy atom. The zero-order valence-electron chi connectivity index (χ0n) is 14.3. The first-order valence-electron chi connectivity index (χ1n) is 8.19. The number of hydrogen-bond acceptors (Lipinski definition) is 3. The summed E-state index contributed by atoms with van der Waals surface area (Å²) in [5, 5.41) is 4.43. The molecule has 0 saturated heterocycles. The summed E-state index contributed by atoms with van der Waals surface area (Å²) in [4.78, 5) is 0. The molecule has 0 saturated carbocycles. The van der Waals surface area contributed by atoms with E-state index < -0.39 is 0 Å². The van der Waals surface area contributed by atoms with Crippen LogP contribution in [0.15, 0.2) is 66.7 Å². The van der Waals surface area contributed by atoms with E-state index in [-0.39, 0.29) is 0 Å². The van der Waals surface area contributed by atoms with Gasteiger partial charge in [-0.3, -0.25) is 0 Å². The van der Waals surface area contributed by atoms with Crippen molar-refractivity contribution in [1.29, 1.82) is 0 Å². The Labute approximate surface area is 163 Å². The van der Waals surface area contributed by atoms with Crippen molar-refractivity contribution in [3.8, 4) is 11.5 Å². The van der Waals surface area contributed by atoms with Crippen molar-refractivity contribution in [2.75, 3.05) is 12.4 Å². The molecular weight excluding hydrogens is 369 g/mol. The molecule has 0 amide bonds. The average Bonchev–Trinajstić information content (AvgIpc) is 2.68. The molecule has 3 rings (SSSR count). The first kappa shape index (κ1) is 18.4. The van der Waals surface area contributed by atoms with Crippen LogP contribution in [0.2, 0.25) is 10.0 Å². The Morgan fingerprint density at radius 2 is 1.69 bits per heavy atom. The first-order chi connectivity index (χ1) is 12.7. The summed E-state index contributed by atoms with van der Waals surface area (Å²) in [7, 11) is 1.63. The molecular formula is C21H19Cl2NO2. The van der Waals surface area contributed by atoms with Crippen molar-refractivity contribution in [2.24, 2.45) is 0 Å². The number of benzene rings is 3. The molecule has 0 atom stereocenters. The van der Waals surface area contributed by atoms with Gasteiger partial charge in [-0.15, -0.1) is 0 Å². The molecule has 0 aliphatic rings. The predicted octanol–water partition coefficient (Wildman–Crippen LogP) is 6.19. The van der Waals surface area contributed by atoms with Gasteiger partial charge in [-0.2, -0.15) is 0 Å². The Morgan fingerprint density at radius 3 is 2.42 bits per heavy atom. The number of hydrogen-bond donors (Lipinski definition) is 1. The molecule has 134 valence electrons. The van der Waals surface area contributed by atoms with Crippen LogP contribution in [-0.2, 0) is 13.2 Å². The molecule has 0 heterocycles. The van der Waals surface area contributed by atoms with Gasteiger partial charge in [0.1, 0.15) is 6.61 Å². The van der Waals surface area contributed by atoms with Gasteiger partial charge in [-0.25, -0.2) is 0 Å². The van der Waals surface area contributed by atoms with Gasteiger partial charge < -0.3 is 14.8 Å². The quantitative estimate of drug-likeness (QED) is 0.523. The van der Waals surface area contributed by atoms with Crippen molar-refractivity contribution in [2.45, 2.75) is 13.2 Å². The van der Waals surface area contributed by atoms with Gasteiger partial charge in [0.2, 0.25) is 0 Å². The highest BCUT2D eigenvalue weighted by Crippen LogP contribution is 2.33. The third-order valence-corrected chi connectivity index (χ3v) is 4.64. The standard InChI is InChI=1S/C21H19Cl2NO2/c1-25-20-9-5-6-16(13-24-17-7-3-2-4-8-17)21(20)26-14-15-10-11-18(22)19(23)12-15/h2-12,24H,13-14H2,1H3. The minimum absolute atomic E-state index is 0.371. The molecule has 0 aliphatic carbocycles. The van der Waals surface area contributed by atoms with E-state index in [9.17, 15) is 0 Å². The highest BCUT2D eigenvalue weighted by Gasteiger charge is 2.11. The van der Waals surface area contributed by atoms with E-state index >= 15 is 0 Å². The summed E-state index contributed by atoms with van der Waals surface area (Å²) in [5.74, 6) is 1.40. The van der Waals surface area contributed by atoms with Gasteiger partial charge in [0, 0.05) is 17.8 Å². The molecule has 0 aromatic heterocycles. The maximum absolute atomic E-state index is 6.08. The Balaban J connectivity index is 1.76. The van der Waals surface area contributed by atoms with Crippen LogP contribution in [0.3, 0.4) is 0 Å². The van der Waals surface area contributed by atoms with Crippen molar-refractivity contribution in [3.05, 3.63) is 87.9 Å². The molecule has 0 bridgehead atoms. The van der Waals surface area contributed by atoms with Crippen LogP contribution < -0.4 is 14.8 Å². The highest BCUT2D eigenvalue weighted by molar-refractivity contribution is 6.42. The highest BCUT2D eigenvalue weighted by atomic mass is 35.5. The normalized spacial score (nSPS) is 10.4. The monoisotopic (exact) mass is 387 g/mol. The number of methoxy groups -OCH3 is 1. The minimum Gasteiger partial charge on any atom is -0.493 e. The maximum atomic E-state index is 6.08. The Kier molecular flexibility index (Phi) is 6.26. The zero-order chi connectivity index (χ0) is 18.4. The van der Waals surface area contributed by atoms with E-state index in [0.29, 0.717) is 34.7 Å². The molecule has 0 fully saturated rings. The number of nitrogens with one attached hydrogen (secondary N) is 1. The summed E-state index contributed by atoms with van der Waals surface area (Å²) in [6.07, 6.45) is 0.